The van der Waals surface area contributed by atoms with Gasteiger partial charge >= 0.3 is 33.4 Å². The molecule has 5 nitrogen and oxygen atoms in total. The fraction of sp³-hybridized carbons (Fsp3) is 0.455. The van der Waals surface area contributed by atoms with E-state index in [4.69, 9.17) is 0 Å². The molecule has 0 aliphatic rings. The van der Waals surface area contributed by atoms with Crippen molar-refractivity contribution in [3.8, 4) is 5.75 Å². The van der Waals surface area contributed by atoms with Crippen molar-refractivity contribution in [3.63, 3.8) is 0 Å². The second-order valence-electron chi connectivity index (χ2n) is 4.94. The van der Waals surface area contributed by atoms with E-state index in [9.17, 15) is 56.3 Å². The summed E-state index contributed by atoms with van der Waals surface area (Å²) in [6.45, 7) is 0. The molecule has 0 spiro atoms. The largest absolute Gasteiger partial charge is 0.460 e. The molecule has 0 aromatic heterocycles. The average molecular weight is 454 g/mol. The highest BCUT2D eigenvalue weighted by Crippen LogP contribution is 2.54. The van der Waals surface area contributed by atoms with E-state index in [1.165, 1.54) is 0 Å². The SMILES string of the molecule is CS(=O)(=O)c1ccc(OS(=O)(=O)C(F)(F)C(F)(F)C(F)(F)C(F)(F)F)cc1. The lowest BCUT2D eigenvalue weighted by Crippen LogP contribution is -2.63. The van der Waals surface area contributed by atoms with E-state index >= 15 is 0 Å². The maximum absolute atomic E-state index is 13.4. The van der Waals surface area contributed by atoms with Gasteiger partial charge in [-0.15, -0.1) is 0 Å². The zero-order chi connectivity index (χ0) is 21.7. The number of sulfone groups is 1. The molecule has 1 aromatic rings. The molecule has 0 aliphatic heterocycles. The summed E-state index contributed by atoms with van der Waals surface area (Å²) >= 11 is 0. The minimum atomic E-state index is -7.43. The molecule has 1 aromatic carbocycles. The van der Waals surface area contributed by atoms with Crippen molar-refractivity contribution < 1.29 is 60.5 Å². The number of hydrogen-bond acceptors (Lipinski definition) is 5. The van der Waals surface area contributed by atoms with Gasteiger partial charge in [0.05, 0.1) is 4.90 Å². The summed E-state index contributed by atoms with van der Waals surface area (Å²) < 4.78 is 163. The Morgan fingerprint density at radius 1 is 0.741 bits per heavy atom. The lowest BCUT2D eigenvalue weighted by molar-refractivity contribution is -0.382. The van der Waals surface area contributed by atoms with Gasteiger partial charge < -0.3 is 4.18 Å². The number of halogens is 9. The summed E-state index contributed by atoms with van der Waals surface area (Å²) in [5.41, 5.74) is 0. The Morgan fingerprint density at radius 3 is 1.48 bits per heavy atom. The summed E-state index contributed by atoms with van der Waals surface area (Å²) in [7, 11) is -10.9. The van der Waals surface area contributed by atoms with E-state index in [0.29, 0.717) is 30.5 Å². The smallest absolute Gasteiger partial charge is 0.378 e. The Balaban J connectivity index is 3.33. The fourth-order valence-electron chi connectivity index (χ4n) is 1.44. The number of hydrogen-bond donors (Lipinski definition) is 0. The number of alkyl halides is 9. The fourth-order valence-corrected chi connectivity index (χ4v) is 2.98. The van der Waals surface area contributed by atoms with Gasteiger partial charge in [-0.05, 0) is 24.3 Å². The maximum Gasteiger partial charge on any atom is 0.460 e. The van der Waals surface area contributed by atoms with Crippen molar-refractivity contribution in [2.75, 3.05) is 6.26 Å². The highest BCUT2D eigenvalue weighted by atomic mass is 32.2. The summed E-state index contributed by atoms with van der Waals surface area (Å²) in [5.74, 6) is -16.1. The molecule has 0 fully saturated rings. The van der Waals surface area contributed by atoms with Crippen LogP contribution < -0.4 is 4.18 Å². The third-order valence-corrected chi connectivity index (χ3v) is 5.31. The summed E-state index contributed by atoms with van der Waals surface area (Å²) in [6, 6.07) is 1.93. The summed E-state index contributed by atoms with van der Waals surface area (Å²) in [5, 5.41) is -7.01. The first-order valence-corrected chi connectivity index (χ1v) is 9.43. The Labute approximate surface area is 145 Å². The Bertz CT molecular complexity index is 903. The molecule has 0 atom stereocenters. The Hall–Kier alpha value is -1.71. The van der Waals surface area contributed by atoms with Gasteiger partial charge in [0.1, 0.15) is 5.75 Å². The van der Waals surface area contributed by atoms with Gasteiger partial charge in [0.2, 0.25) is 0 Å². The lowest BCUT2D eigenvalue weighted by Gasteiger charge is -2.32. The van der Waals surface area contributed by atoms with E-state index in [-0.39, 0.29) is 0 Å². The molecule has 0 aliphatic carbocycles. The normalized spacial score (nSPS) is 14.9. The van der Waals surface area contributed by atoms with Crippen LogP contribution in [0.4, 0.5) is 39.5 Å². The molecule has 1 rings (SSSR count). The molecule has 0 bridgehead atoms. The molecule has 0 amide bonds. The van der Waals surface area contributed by atoms with Gasteiger partial charge in [0.15, 0.2) is 9.84 Å². The Morgan fingerprint density at radius 2 is 1.15 bits per heavy atom. The van der Waals surface area contributed by atoms with Crippen molar-refractivity contribution in [2.45, 2.75) is 28.2 Å². The van der Waals surface area contributed by atoms with Crippen molar-refractivity contribution in [3.05, 3.63) is 24.3 Å². The van der Waals surface area contributed by atoms with Crippen LogP contribution >= 0.6 is 0 Å². The van der Waals surface area contributed by atoms with E-state index < -0.39 is 53.9 Å². The van der Waals surface area contributed by atoms with Gasteiger partial charge in [-0.3, -0.25) is 0 Å². The molecule has 0 heterocycles. The van der Waals surface area contributed by atoms with Crippen LogP contribution in [-0.4, -0.2) is 46.4 Å². The third kappa shape index (κ3) is 3.95. The van der Waals surface area contributed by atoms with Crippen LogP contribution in [-0.2, 0) is 20.0 Å². The minimum absolute atomic E-state index is 0.379. The zero-order valence-electron chi connectivity index (χ0n) is 12.6. The van der Waals surface area contributed by atoms with Crippen molar-refractivity contribution in [1.29, 1.82) is 0 Å². The highest BCUT2D eigenvalue weighted by Gasteiger charge is 2.86. The van der Waals surface area contributed by atoms with Crippen LogP contribution in [0.1, 0.15) is 0 Å². The molecule has 0 saturated carbocycles. The summed E-state index contributed by atoms with van der Waals surface area (Å²) in [4.78, 5) is -0.493. The van der Waals surface area contributed by atoms with Crippen LogP contribution in [0.2, 0.25) is 0 Å². The number of benzene rings is 1. The molecule has 156 valence electrons. The first-order valence-electron chi connectivity index (χ1n) is 6.13. The highest BCUT2D eigenvalue weighted by molar-refractivity contribution is 7.90. The molecule has 0 unspecified atom stereocenters. The van der Waals surface area contributed by atoms with Crippen LogP contribution in [0, 0.1) is 0 Å². The first kappa shape index (κ1) is 23.3. The van der Waals surface area contributed by atoms with Crippen LogP contribution in [0.5, 0.6) is 5.75 Å². The average Bonchev–Trinajstić information content (AvgIpc) is 2.44. The zero-order valence-corrected chi connectivity index (χ0v) is 14.2. The van der Waals surface area contributed by atoms with Crippen LogP contribution in [0.25, 0.3) is 0 Å². The molecule has 27 heavy (non-hydrogen) atoms. The number of rotatable bonds is 6. The second kappa shape index (κ2) is 6.42. The van der Waals surface area contributed by atoms with Crippen molar-refractivity contribution >= 4 is 20.0 Å². The first-order chi connectivity index (χ1) is 11.7. The van der Waals surface area contributed by atoms with Gasteiger partial charge in [0.25, 0.3) is 0 Å². The second-order valence-corrected chi connectivity index (χ2v) is 8.55. The topological polar surface area (TPSA) is 77.5 Å². The van der Waals surface area contributed by atoms with Crippen LogP contribution in [0.15, 0.2) is 29.2 Å². The maximum atomic E-state index is 13.4. The molecule has 0 saturated heterocycles. The van der Waals surface area contributed by atoms with Crippen molar-refractivity contribution in [1.82, 2.24) is 0 Å². The van der Waals surface area contributed by atoms with Crippen LogP contribution in [0.3, 0.4) is 0 Å². The quantitative estimate of drug-likeness (QED) is 0.488. The van der Waals surface area contributed by atoms with Gasteiger partial charge in [-0.1, -0.05) is 0 Å². The molecule has 0 radical (unpaired) electrons. The third-order valence-electron chi connectivity index (χ3n) is 2.89. The minimum Gasteiger partial charge on any atom is -0.378 e. The van der Waals surface area contributed by atoms with Gasteiger partial charge in [0, 0.05) is 6.26 Å². The Kier molecular flexibility index (Phi) is 5.55. The van der Waals surface area contributed by atoms with Crippen molar-refractivity contribution in [2.24, 2.45) is 0 Å². The molecule has 16 heteroatoms. The van der Waals surface area contributed by atoms with E-state index in [2.05, 4.69) is 4.18 Å². The lowest BCUT2D eigenvalue weighted by atomic mass is 10.1. The standard InChI is InChI=1S/C11H7F9O5S2/c1-26(21,22)7-4-2-6(3-5-7)25-27(23,24)11(19,20)9(14,15)8(12,13)10(16,17)18/h2-5H,1H3. The predicted molar refractivity (Wildman–Crippen MR) is 70.0 cm³/mol. The van der Waals surface area contributed by atoms with Gasteiger partial charge in [-0.2, -0.15) is 47.9 Å². The van der Waals surface area contributed by atoms with E-state index in [1.54, 1.807) is 0 Å². The van der Waals surface area contributed by atoms with E-state index in [0.717, 1.165) is 0 Å². The monoisotopic (exact) mass is 454 g/mol. The molecular formula is C11H7F9O5S2. The van der Waals surface area contributed by atoms with Gasteiger partial charge in [-0.25, -0.2) is 8.42 Å². The summed E-state index contributed by atoms with van der Waals surface area (Å²) in [6.07, 6.45) is -6.51. The molecular weight excluding hydrogens is 447 g/mol. The van der Waals surface area contributed by atoms with E-state index in [1.807, 2.05) is 0 Å². The predicted octanol–water partition coefficient (Wildman–Crippen LogP) is 3.22. The molecule has 0 N–H and O–H groups in total.